The highest BCUT2D eigenvalue weighted by atomic mass is 127. The Morgan fingerprint density at radius 1 is 1.26 bits per heavy atom. The van der Waals surface area contributed by atoms with Crippen molar-refractivity contribution in [1.82, 2.24) is 0 Å². The van der Waals surface area contributed by atoms with Gasteiger partial charge < -0.3 is 20.7 Å². The van der Waals surface area contributed by atoms with E-state index in [-0.39, 0.29) is 17.2 Å². The van der Waals surface area contributed by atoms with Crippen LogP contribution in [0.5, 0.6) is 17.2 Å². The first-order valence-corrected chi connectivity index (χ1v) is 8.94. The molecule has 1 unspecified atom stereocenters. The van der Waals surface area contributed by atoms with Gasteiger partial charge in [-0.05, 0) is 81.4 Å². The normalized spacial score (nSPS) is 12.0. The highest BCUT2D eigenvalue weighted by molar-refractivity contribution is 14.1. The van der Waals surface area contributed by atoms with Gasteiger partial charge in [0.2, 0.25) is 0 Å². The molecule has 0 saturated heterocycles. The van der Waals surface area contributed by atoms with E-state index in [1.807, 2.05) is 12.1 Å². The van der Waals surface area contributed by atoms with Crippen LogP contribution in [0.15, 0.2) is 30.3 Å². The van der Waals surface area contributed by atoms with E-state index in [0.717, 1.165) is 12.7 Å². The summed E-state index contributed by atoms with van der Waals surface area (Å²) < 4.78 is 7.48. The second kappa shape index (κ2) is 7.86. The van der Waals surface area contributed by atoms with Crippen LogP contribution in [0.4, 0.5) is 0 Å². The van der Waals surface area contributed by atoms with Gasteiger partial charge in [0.25, 0.3) is 0 Å². The van der Waals surface area contributed by atoms with E-state index in [9.17, 15) is 9.90 Å². The molecule has 0 aliphatic rings. The Morgan fingerprint density at radius 3 is 2.39 bits per heavy atom. The van der Waals surface area contributed by atoms with Crippen LogP contribution in [0.3, 0.4) is 0 Å². The highest BCUT2D eigenvalue weighted by Crippen LogP contribution is 2.35. The number of benzene rings is 2. The zero-order valence-electron chi connectivity index (χ0n) is 11.6. The maximum atomic E-state index is 10.9. The van der Waals surface area contributed by atoms with Gasteiger partial charge in [-0.1, -0.05) is 11.6 Å². The van der Waals surface area contributed by atoms with Crippen molar-refractivity contribution < 1.29 is 19.7 Å². The second-order valence-electron chi connectivity index (χ2n) is 4.75. The predicted molar refractivity (Wildman–Crippen MR) is 104 cm³/mol. The Kier molecular flexibility index (Phi) is 6.34. The molecule has 23 heavy (non-hydrogen) atoms. The van der Waals surface area contributed by atoms with Gasteiger partial charge >= 0.3 is 5.97 Å². The summed E-state index contributed by atoms with van der Waals surface area (Å²) in [4.78, 5) is 10.9. The van der Waals surface area contributed by atoms with Gasteiger partial charge in [-0.2, -0.15) is 0 Å². The van der Waals surface area contributed by atoms with E-state index in [0.29, 0.717) is 11.5 Å². The van der Waals surface area contributed by atoms with Crippen LogP contribution in [0.25, 0.3) is 0 Å². The fraction of sp³-hybridized carbons (Fsp3) is 0.133. The summed E-state index contributed by atoms with van der Waals surface area (Å²) in [5.41, 5.74) is 6.39. The van der Waals surface area contributed by atoms with Crippen molar-refractivity contribution in [3.63, 3.8) is 0 Å². The van der Waals surface area contributed by atoms with Crippen LogP contribution in [-0.4, -0.2) is 22.2 Å². The molecule has 2 aromatic carbocycles. The average molecular weight is 560 g/mol. The molecule has 0 saturated carbocycles. The third kappa shape index (κ3) is 4.85. The Balaban J connectivity index is 2.26. The molecule has 2 aromatic rings. The smallest absolute Gasteiger partial charge is 0.320 e. The molecule has 1 atom stereocenters. The Bertz CT molecular complexity index is 731. The molecule has 0 amide bonds. The molecule has 2 rings (SSSR count). The first kappa shape index (κ1) is 18.6. The molecule has 5 nitrogen and oxygen atoms in total. The number of phenols is 1. The number of hydrogen-bond donors (Lipinski definition) is 3. The standard InChI is InChI=1S/C15H12ClI2NO4/c16-9-6-8(1-2-13(9)20)23-14-10(17)3-7(4-11(14)18)5-12(19)15(21)22/h1-4,6,12,20H,5,19H2,(H,21,22). The van der Waals surface area contributed by atoms with Gasteiger partial charge in [0.05, 0.1) is 12.2 Å². The third-order valence-corrected chi connectivity index (χ3v) is 4.88. The molecule has 0 bridgehead atoms. The van der Waals surface area contributed by atoms with Gasteiger partial charge in [0, 0.05) is 6.07 Å². The van der Waals surface area contributed by atoms with E-state index in [4.69, 9.17) is 27.2 Å². The molecule has 0 aliphatic heterocycles. The SMILES string of the molecule is NC(Cc1cc(I)c(Oc2ccc(O)c(Cl)c2)c(I)c1)C(=O)O. The van der Waals surface area contributed by atoms with Crippen molar-refractivity contribution in [3.8, 4) is 17.2 Å². The number of hydrogen-bond acceptors (Lipinski definition) is 4. The lowest BCUT2D eigenvalue weighted by molar-refractivity contribution is -0.138. The molecule has 0 spiro atoms. The minimum Gasteiger partial charge on any atom is -0.506 e. The first-order chi connectivity index (χ1) is 10.8. The van der Waals surface area contributed by atoms with Crippen molar-refractivity contribution in [3.05, 3.63) is 48.1 Å². The maximum absolute atomic E-state index is 10.9. The second-order valence-corrected chi connectivity index (χ2v) is 7.48. The Hall–Kier alpha value is -0.780. The summed E-state index contributed by atoms with van der Waals surface area (Å²) in [5.74, 6) is 0.0923. The van der Waals surface area contributed by atoms with Crippen molar-refractivity contribution in [2.75, 3.05) is 0 Å². The molecule has 0 fully saturated rings. The number of ether oxygens (including phenoxy) is 1. The van der Waals surface area contributed by atoms with Crippen LogP contribution in [0.2, 0.25) is 5.02 Å². The van der Waals surface area contributed by atoms with E-state index in [1.54, 1.807) is 6.07 Å². The van der Waals surface area contributed by atoms with Gasteiger partial charge in [0.1, 0.15) is 17.5 Å². The topological polar surface area (TPSA) is 92.8 Å². The highest BCUT2D eigenvalue weighted by Gasteiger charge is 2.16. The molecule has 0 radical (unpaired) electrons. The molecular formula is C15H12ClI2NO4. The van der Waals surface area contributed by atoms with Crippen molar-refractivity contribution in [2.24, 2.45) is 5.73 Å². The van der Waals surface area contributed by atoms with E-state index in [1.165, 1.54) is 12.1 Å². The zero-order valence-corrected chi connectivity index (χ0v) is 16.7. The summed E-state index contributed by atoms with van der Waals surface area (Å²) in [6, 6.07) is 7.33. The molecule has 8 heteroatoms. The zero-order chi connectivity index (χ0) is 17.1. The Morgan fingerprint density at radius 2 is 1.87 bits per heavy atom. The molecule has 122 valence electrons. The number of carboxylic acids is 1. The number of aromatic hydroxyl groups is 1. The van der Waals surface area contributed by atoms with Gasteiger partial charge in [-0.15, -0.1) is 0 Å². The lowest BCUT2D eigenvalue weighted by Crippen LogP contribution is -2.32. The first-order valence-electron chi connectivity index (χ1n) is 6.40. The van der Waals surface area contributed by atoms with Crippen molar-refractivity contribution in [2.45, 2.75) is 12.5 Å². The minimum absolute atomic E-state index is 0.0126. The number of carbonyl (C=O) groups is 1. The average Bonchev–Trinajstić information content (AvgIpc) is 2.46. The minimum atomic E-state index is -1.03. The van der Waals surface area contributed by atoms with E-state index < -0.39 is 12.0 Å². The predicted octanol–water partition coefficient (Wildman–Crippen LogP) is 4.00. The number of nitrogens with two attached hydrogens (primary N) is 1. The van der Waals surface area contributed by atoms with Gasteiger partial charge in [-0.25, -0.2) is 0 Å². The number of halogens is 3. The van der Waals surface area contributed by atoms with Crippen molar-refractivity contribution in [1.29, 1.82) is 0 Å². The monoisotopic (exact) mass is 559 g/mol. The molecular weight excluding hydrogens is 547 g/mol. The number of carboxylic acid groups (broad SMARTS) is 1. The molecule has 4 N–H and O–H groups in total. The van der Waals surface area contributed by atoms with Crippen LogP contribution < -0.4 is 10.5 Å². The molecule has 0 aromatic heterocycles. The van der Waals surface area contributed by atoms with E-state index in [2.05, 4.69) is 45.2 Å². The summed E-state index contributed by atoms with van der Waals surface area (Å²) >= 11 is 10.1. The maximum Gasteiger partial charge on any atom is 0.320 e. The van der Waals surface area contributed by atoms with Crippen LogP contribution in [0, 0.1) is 7.14 Å². The van der Waals surface area contributed by atoms with Crippen LogP contribution in [0.1, 0.15) is 5.56 Å². The number of aliphatic carboxylic acids is 1. The quantitative estimate of drug-likeness (QED) is 0.482. The summed E-state index contributed by atoms with van der Waals surface area (Å²) in [6.45, 7) is 0. The lowest BCUT2D eigenvalue weighted by Gasteiger charge is -2.13. The summed E-state index contributed by atoms with van der Waals surface area (Å²) in [5, 5.41) is 18.5. The number of phenolic OH excluding ortho intramolecular Hbond substituents is 1. The van der Waals surface area contributed by atoms with Crippen LogP contribution in [-0.2, 0) is 11.2 Å². The fourth-order valence-corrected chi connectivity index (χ4v) is 4.13. The molecule has 0 aliphatic carbocycles. The van der Waals surface area contributed by atoms with Crippen molar-refractivity contribution >= 4 is 62.8 Å². The number of rotatable bonds is 5. The van der Waals surface area contributed by atoms with Crippen LogP contribution >= 0.6 is 56.8 Å². The van der Waals surface area contributed by atoms with Gasteiger partial charge in [0.15, 0.2) is 5.75 Å². The van der Waals surface area contributed by atoms with E-state index >= 15 is 0 Å². The largest absolute Gasteiger partial charge is 0.506 e. The summed E-state index contributed by atoms with van der Waals surface area (Å²) in [7, 11) is 0. The Labute approximate surface area is 165 Å². The molecule has 0 heterocycles. The lowest BCUT2D eigenvalue weighted by atomic mass is 10.1. The van der Waals surface area contributed by atoms with Gasteiger partial charge in [-0.3, -0.25) is 4.79 Å². The fourth-order valence-electron chi connectivity index (χ4n) is 1.84. The third-order valence-electron chi connectivity index (χ3n) is 2.97. The summed E-state index contributed by atoms with van der Waals surface area (Å²) in [6.07, 6.45) is 0.243.